The first-order valence-electron chi connectivity index (χ1n) is 6.66. The van der Waals surface area contributed by atoms with Crippen LogP contribution in [0.3, 0.4) is 0 Å². The third-order valence-corrected chi connectivity index (χ3v) is 3.49. The molecule has 5 heteroatoms. The predicted molar refractivity (Wildman–Crippen MR) is 71.4 cm³/mol. The van der Waals surface area contributed by atoms with Crippen molar-refractivity contribution < 1.29 is 4.74 Å². The highest BCUT2D eigenvalue weighted by Crippen LogP contribution is 2.11. The molecule has 1 N–H and O–H groups in total. The summed E-state index contributed by atoms with van der Waals surface area (Å²) in [6.07, 6.45) is 4.09. The van der Waals surface area contributed by atoms with E-state index in [9.17, 15) is 0 Å². The number of hydrogen-bond acceptors (Lipinski definition) is 4. The van der Waals surface area contributed by atoms with E-state index in [0.717, 1.165) is 26.2 Å². The second kappa shape index (κ2) is 6.31. The molecule has 1 fully saturated rings. The zero-order chi connectivity index (χ0) is 13.0. The van der Waals surface area contributed by atoms with Gasteiger partial charge in [0.15, 0.2) is 0 Å². The summed E-state index contributed by atoms with van der Waals surface area (Å²) in [4.78, 5) is 2.51. The van der Waals surface area contributed by atoms with E-state index in [2.05, 4.69) is 35.4 Å². The van der Waals surface area contributed by atoms with Crippen molar-refractivity contribution in [1.29, 1.82) is 0 Å². The van der Waals surface area contributed by atoms with E-state index < -0.39 is 0 Å². The van der Waals surface area contributed by atoms with Crippen molar-refractivity contribution in [2.45, 2.75) is 39.0 Å². The molecule has 1 aromatic rings. The lowest BCUT2D eigenvalue weighted by Crippen LogP contribution is -2.53. The Kier molecular flexibility index (Phi) is 4.74. The second-order valence-corrected chi connectivity index (χ2v) is 5.19. The monoisotopic (exact) mass is 252 g/mol. The summed E-state index contributed by atoms with van der Waals surface area (Å²) in [5.41, 5.74) is 1.28. The number of hydrogen-bond donors (Lipinski definition) is 1. The Bertz CT molecular complexity index is 366. The third-order valence-electron chi connectivity index (χ3n) is 3.49. The third kappa shape index (κ3) is 3.54. The fourth-order valence-electron chi connectivity index (χ4n) is 2.35. The fourth-order valence-corrected chi connectivity index (χ4v) is 2.35. The molecule has 2 unspecified atom stereocenters. The van der Waals surface area contributed by atoms with Gasteiger partial charge in [-0.2, -0.15) is 5.10 Å². The highest BCUT2D eigenvalue weighted by Gasteiger charge is 2.22. The van der Waals surface area contributed by atoms with Crippen LogP contribution in [0.4, 0.5) is 0 Å². The predicted octanol–water partition coefficient (Wildman–Crippen LogP) is 0.712. The minimum atomic E-state index is 0.574. The molecule has 0 spiro atoms. The average Bonchev–Trinajstić information content (AvgIpc) is 2.79. The molecule has 102 valence electrons. The molecule has 0 aromatic carbocycles. The molecule has 2 rings (SSSR count). The average molecular weight is 252 g/mol. The summed E-state index contributed by atoms with van der Waals surface area (Å²) in [6, 6.07) is 1.16. The maximum atomic E-state index is 5.06. The summed E-state index contributed by atoms with van der Waals surface area (Å²) in [7, 11) is 1.72. The Labute approximate surface area is 109 Å². The Morgan fingerprint density at radius 1 is 1.50 bits per heavy atom. The van der Waals surface area contributed by atoms with Crippen molar-refractivity contribution in [3.63, 3.8) is 0 Å². The first-order chi connectivity index (χ1) is 8.69. The van der Waals surface area contributed by atoms with Crippen molar-refractivity contribution in [3.05, 3.63) is 18.0 Å². The van der Waals surface area contributed by atoms with Gasteiger partial charge in [-0.25, -0.2) is 0 Å². The molecular weight excluding hydrogens is 228 g/mol. The summed E-state index contributed by atoms with van der Waals surface area (Å²) >= 11 is 0. The van der Waals surface area contributed by atoms with Gasteiger partial charge in [-0.3, -0.25) is 9.58 Å². The van der Waals surface area contributed by atoms with Crippen LogP contribution in [0.5, 0.6) is 0 Å². The normalized spacial score (nSPS) is 25.5. The van der Waals surface area contributed by atoms with Gasteiger partial charge in [0.25, 0.3) is 0 Å². The van der Waals surface area contributed by atoms with Gasteiger partial charge in [0.05, 0.1) is 19.3 Å². The van der Waals surface area contributed by atoms with E-state index >= 15 is 0 Å². The quantitative estimate of drug-likeness (QED) is 0.838. The smallest absolute Gasteiger partial charge is 0.0658 e. The van der Waals surface area contributed by atoms with Crippen molar-refractivity contribution in [1.82, 2.24) is 20.0 Å². The van der Waals surface area contributed by atoms with Crippen LogP contribution in [-0.2, 0) is 17.8 Å². The molecule has 1 aromatic heterocycles. The summed E-state index contributed by atoms with van der Waals surface area (Å²) in [6.45, 7) is 9.20. The van der Waals surface area contributed by atoms with Gasteiger partial charge >= 0.3 is 0 Å². The van der Waals surface area contributed by atoms with E-state index in [0.29, 0.717) is 18.7 Å². The molecule has 18 heavy (non-hydrogen) atoms. The first-order valence-corrected chi connectivity index (χ1v) is 6.66. The van der Waals surface area contributed by atoms with Crippen LogP contribution in [0.15, 0.2) is 12.4 Å². The molecule has 0 radical (unpaired) electrons. The minimum absolute atomic E-state index is 0.574. The minimum Gasteiger partial charge on any atom is -0.383 e. The zero-order valence-corrected chi connectivity index (χ0v) is 11.6. The molecule has 0 saturated carbocycles. The fraction of sp³-hybridized carbons (Fsp3) is 0.769. The van der Waals surface area contributed by atoms with Gasteiger partial charge < -0.3 is 10.1 Å². The lowest BCUT2D eigenvalue weighted by atomic mass is 10.1. The van der Waals surface area contributed by atoms with E-state index in [4.69, 9.17) is 4.74 Å². The molecule has 1 saturated heterocycles. The molecular formula is C13H24N4O. The number of nitrogens with zero attached hydrogens (tertiary/aromatic N) is 3. The van der Waals surface area contributed by atoms with Gasteiger partial charge in [-0.1, -0.05) is 0 Å². The van der Waals surface area contributed by atoms with Crippen LogP contribution >= 0.6 is 0 Å². The van der Waals surface area contributed by atoms with E-state index in [1.807, 2.05) is 10.9 Å². The first kappa shape index (κ1) is 13.5. The Hall–Kier alpha value is -0.910. The molecule has 1 aliphatic rings. The van der Waals surface area contributed by atoms with Crippen molar-refractivity contribution >= 4 is 0 Å². The van der Waals surface area contributed by atoms with Gasteiger partial charge in [0, 0.05) is 50.6 Å². The Morgan fingerprint density at radius 3 is 3.11 bits per heavy atom. The summed E-state index contributed by atoms with van der Waals surface area (Å²) < 4.78 is 7.01. The maximum absolute atomic E-state index is 5.06. The topological polar surface area (TPSA) is 42.3 Å². The number of rotatable bonds is 5. The van der Waals surface area contributed by atoms with Gasteiger partial charge in [0.2, 0.25) is 0 Å². The van der Waals surface area contributed by atoms with Gasteiger partial charge in [0.1, 0.15) is 0 Å². The largest absolute Gasteiger partial charge is 0.383 e. The van der Waals surface area contributed by atoms with E-state index in [1.165, 1.54) is 5.56 Å². The SMILES string of the molecule is COCCn1cc(CN2CC(C)NCC2C)cn1. The highest BCUT2D eigenvalue weighted by atomic mass is 16.5. The zero-order valence-electron chi connectivity index (χ0n) is 11.6. The lowest BCUT2D eigenvalue weighted by molar-refractivity contribution is 0.139. The molecule has 2 heterocycles. The molecule has 0 bridgehead atoms. The highest BCUT2D eigenvalue weighted by molar-refractivity contribution is 5.04. The number of methoxy groups -OCH3 is 1. The maximum Gasteiger partial charge on any atom is 0.0658 e. The number of ether oxygens (including phenoxy) is 1. The molecule has 2 atom stereocenters. The van der Waals surface area contributed by atoms with Crippen LogP contribution in [-0.4, -0.2) is 53.6 Å². The van der Waals surface area contributed by atoms with E-state index in [1.54, 1.807) is 7.11 Å². The summed E-state index contributed by atoms with van der Waals surface area (Å²) in [5.74, 6) is 0. The van der Waals surface area contributed by atoms with Crippen LogP contribution in [0.2, 0.25) is 0 Å². The van der Waals surface area contributed by atoms with Crippen LogP contribution in [0.25, 0.3) is 0 Å². The molecule has 5 nitrogen and oxygen atoms in total. The second-order valence-electron chi connectivity index (χ2n) is 5.19. The molecule has 0 amide bonds. The molecule has 0 aliphatic carbocycles. The van der Waals surface area contributed by atoms with Crippen LogP contribution < -0.4 is 5.32 Å². The van der Waals surface area contributed by atoms with Gasteiger partial charge in [-0.15, -0.1) is 0 Å². The van der Waals surface area contributed by atoms with Crippen molar-refractivity contribution in [3.8, 4) is 0 Å². The number of piperazine rings is 1. The van der Waals surface area contributed by atoms with E-state index in [-0.39, 0.29) is 0 Å². The number of nitrogens with one attached hydrogen (secondary N) is 1. The Balaban J connectivity index is 1.89. The standard InChI is InChI=1S/C13H24N4O/c1-11-8-16(12(2)6-14-11)9-13-7-15-17(10-13)4-5-18-3/h7,10-12,14H,4-6,8-9H2,1-3H3. The van der Waals surface area contributed by atoms with Crippen molar-refractivity contribution in [2.75, 3.05) is 26.8 Å². The summed E-state index contributed by atoms with van der Waals surface area (Å²) in [5, 5.41) is 7.86. The van der Waals surface area contributed by atoms with Gasteiger partial charge in [-0.05, 0) is 13.8 Å². The number of aromatic nitrogens is 2. The lowest BCUT2D eigenvalue weighted by Gasteiger charge is -2.37. The van der Waals surface area contributed by atoms with Crippen LogP contribution in [0, 0.1) is 0 Å². The molecule has 1 aliphatic heterocycles. The Morgan fingerprint density at radius 2 is 2.33 bits per heavy atom. The van der Waals surface area contributed by atoms with Crippen LogP contribution in [0.1, 0.15) is 19.4 Å². The van der Waals surface area contributed by atoms with Crippen molar-refractivity contribution in [2.24, 2.45) is 0 Å².